The van der Waals surface area contributed by atoms with Crippen LogP contribution in [0.15, 0.2) is 0 Å². The van der Waals surface area contributed by atoms with Gasteiger partial charge < -0.3 is 14.2 Å². The van der Waals surface area contributed by atoms with Crippen molar-refractivity contribution in [3.63, 3.8) is 0 Å². The second kappa shape index (κ2) is 3.95. The Labute approximate surface area is 79.4 Å². The molecule has 76 valence electrons. The van der Waals surface area contributed by atoms with Crippen LogP contribution >= 0.6 is 0 Å². The summed E-state index contributed by atoms with van der Waals surface area (Å²) in [5.41, 5.74) is 0. The molecule has 0 aromatic carbocycles. The molecule has 2 aliphatic rings. The van der Waals surface area contributed by atoms with Crippen molar-refractivity contribution in [1.82, 2.24) is 0 Å². The van der Waals surface area contributed by atoms with Crippen molar-refractivity contribution in [2.75, 3.05) is 19.8 Å². The SMILES string of the molecule is CCOC[C@H]1COC2(CCCC2)O1. The minimum atomic E-state index is -0.220. The number of hydrogen-bond donors (Lipinski definition) is 0. The second-order valence-electron chi connectivity index (χ2n) is 3.83. The summed E-state index contributed by atoms with van der Waals surface area (Å²) in [5, 5.41) is 0. The first-order chi connectivity index (χ1) is 6.35. The molecular formula is C10H18O3. The third kappa shape index (κ3) is 2.03. The van der Waals surface area contributed by atoms with E-state index in [-0.39, 0.29) is 11.9 Å². The standard InChI is InChI=1S/C10H18O3/c1-2-11-7-9-8-12-10(13-9)5-3-4-6-10/h9H,2-8H2,1H3/t9-/m0/s1. The lowest BCUT2D eigenvalue weighted by atomic mass is 10.2. The van der Waals surface area contributed by atoms with Gasteiger partial charge in [0.05, 0.1) is 13.2 Å². The molecule has 0 radical (unpaired) electrons. The van der Waals surface area contributed by atoms with Crippen molar-refractivity contribution in [1.29, 1.82) is 0 Å². The van der Waals surface area contributed by atoms with Gasteiger partial charge in [0.15, 0.2) is 5.79 Å². The van der Waals surface area contributed by atoms with Crippen molar-refractivity contribution in [2.45, 2.75) is 44.5 Å². The first-order valence-corrected chi connectivity index (χ1v) is 5.24. The molecule has 0 aromatic rings. The minimum absolute atomic E-state index is 0.165. The van der Waals surface area contributed by atoms with Gasteiger partial charge in [-0.2, -0.15) is 0 Å². The molecule has 3 nitrogen and oxygen atoms in total. The molecule has 0 bridgehead atoms. The van der Waals surface area contributed by atoms with Crippen LogP contribution in [0.3, 0.4) is 0 Å². The third-order valence-electron chi connectivity index (χ3n) is 2.79. The zero-order valence-electron chi connectivity index (χ0n) is 8.25. The normalized spacial score (nSPS) is 31.6. The molecule has 0 amide bonds. The van der Waals surface area contributed by atoms with Crippen molar-refractivity contribution in [2.24, 2.45) is 0 Å². The van der Waals surface area contributed by atoms with Crippen molar-refractivity contribution in [3.05, 3.63) is 0 Å². The molecule has 1 aliphatic carbocycles. The monoisotopic (exact) mass is 186 g/mol. The molecule has 2 fully saturated rings. The molecule has 1 aliphatic heterocycles. The van der Waals surface area contributed by atoms with Crippen LogP contribution in [0, 0.1) is 0 Å². The van der Waals surface area contributed by atoms with E-state index in [1.165, 1.54) is 12.8 Å². The van der Waals surface area contributed by atoms with Crippen LogP contribution in [-0.4, -0.2) is 31.7 Å². The highest BCUT2D eigenvalue weighted by Crippen LogP contribution is 2.39. The molecule has 0 N–H and O–H groups in total. The summed E-state index contributed by atoms with van der Waals surface area (Å²) >= 11 is 0. The maximum absolute atomic E-state index is 5.86. The lowest BCUT2D eigenvalue weighted by molar-refractivity contribution is -0.166. The Kier molecular flexibility index (Phi) is 2.86. The Morgan fingerprint density at radius 3 is 2.85 bits per heavy atom. The maximum Gasteiger partial charge on any atom is 0.169 e. The average Bonchev–Trinajstić information content (AvgIpc) is 2.74. The number of rotatable bonds is 3. The maximum atomic E-state index is 5.86. The van der Waals surface area contributed by atoms with E-state index in [1.807, 2.05) is 6.92 Å². The van der Waals surface area contributed by atoms with Crippen molar-refractivity contribution < 1.29 is 14.2 Å². The van der Waals surface area contributed by atoms with Crippen LogP contribution in [-0.2, 0) is 14.2 Å². The highest BCUT2D eigenvalue weighted by molar-refractivity contribution is 4.83. The first kappa shape index (κ1) is 9.44. The summed E-state index contributed by atoms with van der Waals surface area (Å²) in [6.45, 7) is 4.15. The lowest BCUT2D eigenvalue weighted by Gasteiger charge is -2.21. The predicted octanol–water partition coefficient (Wildman–Crippen LogP) is 1.71. The van der Waals surface area contributed by atoms with Crippen LogP contribution in [0.25, 0.3) is 0 Å². The highest BCUT2D eigenvalue weighted by atomic mass is 16.7. The van der Waals surface area contributed by atoms with E-state index in [0.717, 1.165) is 19.4 Å². The largest absolute Gasteiger partial charge is 0.379 e. The van der Waals surface area contributed by atoms with Gasteiger partial charge in [-0.25, -0.2) is 0 Å². The van der Waals surface area contributed by atoms with Crippen LogP contribution in [0.2, 0.25) is 0 Å². The van der Waals surface area contributed by atoms with Crippen LogP contribution in [0.1, 0.15) is 32.6 Å². The second-order valence-corrected chi connectivity index (χ2v) is 3.83. The van der Waals surface area contributed by atoms with E-state index >= 15 is 0 Å². The fourth-order valence-corrected chi connectivity index (χ4v) is 2.12. The predicted molar refractivity (Wildman–Crippen MR) is 48.5 cm³/mol. The van der Waals surface area contributed by atoms with Crippen molar-refractivity contribution in [3.8, 4) is 0 Å². The van der Waals surface area contributed by atoms with E-state index in [2.05, 4.69) is 0 Å². The Hall–Kier alpha value is -0.120. The fourth-order valence-electron chi connectivity index (χ4n) is 2.12. The van der Waals surface area contributed by atoms with E-state index < -0.39 is 0 Å². The van der Waals surface area contributed by atoms with E-state index in [0.29, 0.717) is 13.2 Å². The Bertz CT molecular complexity index is 164. The molecule has 0 unspecified atom stereocenters. The molecule has 1 heterocycles. The highest BCUT2D eigenvalue weighted by Gasteiger charge is 2.43. The zero-order chi connectivity index (χ0) is 9.15. The lowest BCUT2D eigenvalue weighted by Crippen LogP contribution is -2.27. The van der Waals surface area contributed by atoms with Gasteiger partial charge in [-0.3, -0.25) is 0 Å². The fraction of sp³-hybridized carbons (Fsp3) is 1.00. The molecule has 13 heavy (non-hydrogen) atoms. The Morgan fingerprint density at radius 2 is 2.15 bits per heavy atom. The summed E-state index contributed by atoms with van der Waals surface area (Å²) in [7, 11) is 0. The van der Waals surface area contributed by atoms with Gasteiger partial charge in [0.25, 0.3) is 0 Å². The first-order valence-electron chi connectivity index (χ1n) is 5.24. The molecule has 1 spiro atoms. The summed E-state index contributed by atoms with van der Waals surface area (Å²) < 4.78 is 16.9. The van der Waals surface area contributed by atoms with Gasteiger partial charge >= 0.3 is 0 Å². The van der Waals surface area contributed by atoms with E-state index in [9.17, 15) is 0 Å². The minimum Gasteiger partial charge on any atom is -0.379 e. The molecule has 3 heteroatoms. The van der Waals surface area contributed by atoms with Gasteiger partial charge in [0, 0.05) is 19.4 Å². The molecular weight excluding hydrogens is 168 g/mol. The third-order valence-corrected chi connectivity index (χ3v) is 2.79. The number of ether oxygens (including phenoxy) is 3. The van der Waals surface area contributed by atoms with Gasteiger partial charge in [-0.05, 0) is 19.8 Å². The molecule has 0 aromatic heterocycles. The molecule has 1 saturated heterocycles. The summed E-state index contributed by atoms with van der Waals surface area (Å²) in [6, 6.07) is 0. The molecule has 1 saturated carbocycles. The van der Waals surface area contributed by atoms with Gasteiger partial charge in [-0.15, -0.1) is 0 Å². The summed E-state index contributed by atoms with van der Waals surface area (Å²) in [4.78, 5) is 0. The summed E-state index contributed by atoms with van der Waals surface area (Å²) in [5.74, 6) is -0.220. The topological polar surface area (TPSA) is 27.7 Å². The number of hydrogen-bond acceptors (Lipinski definition) is 3. The van der Waals surface area contributed by atoms with Crippen LogP contribution in [0.4, 0.5) is 0 Å². The van der Waals surface area contributed by atoms with Crippen molar-refractivity contribution >= 4 is 0 Å². The molecule has 1 atom stereocenters. The van der Waals surface area contributed by atoms with Gasteiger partial charge in [0.1, 0.15) is 6.10 Å². The van der Waals surface area contributed by atoms with Gasteiger partial charge in [0.2, 0.25) is 0 Å². The van der Waals surface area contributed by atoms with E-state index in [4.69, 9.17) is 14.2 Å². The quantitative estimate of drug-likeness (QED) is 0.671. The molecule has 2 rings (SSSR count). The Balaban J connectivity index is 1.79. The van der Waals surface area contributed by atoms with E-state index in [1.54, 1.807) is 0 Å². The van der Waals surface area contributed by atoms with Crippen LogP contribution < -0.4 is 0 Å². The van der Waals surface area contributed by atoms with Gasteiger partial charge in [-0.1, -0.05) is 0 Å². The summed E-state index contributed by atoms with van der Waals surface area (Å²) in [6.07, 6.45) is 4.77. The smallest absolute Gasteiger partial charge is 0.169 e. The Morgan fingerprint density at radius 1 is 1.38 bits per heavy atom. The average molecular weight is 186 g/mol. The van der Waals surface area contributed by atoms with Crippen LogP contribution in [0.5, 0.6) is 0 Å². The zero-order valence-corrected chi connectivity index (χ0v) is 8.25.